The predicted octanol–water partition coefficient (Wildman–Crippen LogP) is 3.24. The first-order chi connectivity index (χ1) is 10.5. The van der Waals surface area contributed by atoms with E-state index in [1.807, 2.05) is 6.92 Å². The average molecular weight is 322 g/mol. The van der Waals surface area contributed by atoms with Gasteiger partial charge in [0.05, 0.1) is 6.04 Å². The second kappa shape index (κ2) is 7.77. The van der Waals surface area contributed by atoms with E-state index in [4.69, 9.17) is 0 Å². The molecule has 1 heterocycles. The lowest BCUT2D eigenvalue weighted by Crippen LogP contribution is -2.34. The quantitative estimate of drug-likeness (QED) is 0.845. The van der Waals surface area contributed by atoms with Crippen LogP contribution in [-0.4, -0.2) is 18.4 Å². The summed E-state index contributed by atoms with van der Waals surface area (Å²) in [5.74, 6) is 0.267. The number of amides is 2. The van der Waals surface area contributed by atoms with Crippen LogP contribution in [0.25, 0.3) is 0 Å². The minimum absolute atomic E-state index is 0.0116. The molecule has 2 amide bonds. The van der Waals surface area contributed by atoms with Gasteiger partial charge in [-0.15, -0.1) is 11.3 Å². The summed E-state index contributed by atoms with van der Waals surface area (Å²) in [6, 6.07) is 2.15. The highest BCUT2D eigenvalue weighted by Gasteiger charge is 2.22. The number of thiophene rings is 1. The van der Waals surface area contributed by atoms with Crippen molar-refractivity contribution in [2.24, 2.45) is 5.92 Å². The van der Waals surface area contributed by atoms with Crippen LogP contribution in [0.15, 0.2) is 6.07 Å². The minimum Gasteiger partial charge on any atom is -0.355 e. The van der Waals surface area contributed by atoms with E-state index in [0.29, 0.717) is 13.0 Å². The first kappa shape index (κ1) is 17.0. The summed E-state index contributed by atoms with van der Waals surface area (Å²) in [5, 5.41) is 5.90. The van der Waals surface area contributed by atoms with Crippen LogP contribution in [0.4, 0.5) is 0 Å². The normalized spacial score (nSPS) is 16.5. The molecule has 1 aromatic heterocycles. The van der Waals surface area contributed by atoms with Crippen molar-refractivity contribution in [3.8, 4) is 0 Å². The highest BCUT2D eigenvalue weighted by molar-refractivity contribution is 7.12. The summed E-state index contributed by atoms with van der Waals surface area (Å²) in [4.78, 5) is 26.4. The van der Waals surface area contributed by atoms with E-state index in [9.17, 15) is 9.59 Å². The van der Waals surface area contributed by atoms with Crippen molar-refractivity contribution in [1.29, 1.82) is 0 Å². The van der Waals surface area contributed by atoms with Gasteiger partial charge in [-0.2, -0.15) is 0 Å². The Balaban J connectivity index is 1.71. The summed E-state index contributed by atoms with van der Waals surface area (Å²) in [6.45, 7) is 6.59. The summed E-state index contributed by atoms with van der Waals surface area (Å²) in [5.41, 5.74) is 1.19. The molecule has 0 bridgehead atoms. The van der Waals surface area contributed by atoms with Crippen molar-refractivity contribution in [3.05, 3.63) is 21.4 Å². The second-order valence-corrected chi connectivity index (χ2v) is 7.64. The van der Waals surface area contributed by atoms with Gasteiger partial charge < -0.3 is 10.6 Å². The van der Waals surface area contributed by atoms with Gasteiger partial charge in [0.25, 0.3) is 0 Å². The van der Waals surface area contributed by atoms with Crippen molar-refractivity contribution in [2.45, 2.75) is 58.9 Å². The molecule has 0 aromatic carbocycles. The van der Waals surface area contributed by atoms with Gasteiger partial charge in [-0.25, -0.2) is 0 Å². The van der Waals surface area contributed by atoms with E-state index in [2.05, 4.69) is 30.5 Å². The number of carbonyl (C=O) groups excluding carboxylic acids is 2. The number of hydrogen-bond acceptors (Lipinski definition) is 3. The summed E-state index contributed by atoms with van der Waals surface area (Å²) in [6.07, 6.45) is 4.62. The van der Waals surface area contributed by atoms with Gasteiger partial charge in [0.1, 0.15) is 0 Å². The molecule has 0 spiro atoms. The molecule has 1 atom stereocenters. The molecule has 1 fully saturated rings. The zero-order valence-corrected chi connectivity index (χ0v) is 14.5. The molecule has 2 N–H and O–H groups in total. The van der Waals surface area contributed by atoms with Gasteiger partial charge in [-0.1, -0.05) is 12.8 Å². The Morgan fingerprint density at radius 2 is 2.00 bits per heavy atom. The fraction of sp³-hybridized carbons (Fsp3) is 0.647. The first-order valence-corrected chi connectivity index (χ1v) is 8.93. The Morgan fingerprint density at radius 3 is 2.59 bits per heavy atom. The molecule has 1 saturated carbocycles. The molecule has 1 aromatic rings. The van der Waals surface area contributed by atoms with Crippen LogP contribution >= 0.6 is 11.3 Å². The molecule has 22 heavy (non-hydrogen) atoms. The molecule has 0 aliphatic heterocycles. The van der Waals surface area contributed by atoms with Crippen LogP contribution < -0.4 is 10.6 Å². The molecule has 2 rings (SSSR count). The van der Waals surface area contributed by atoms with E-state index in [1.165, 1.54) is 15.3 Å². The highest BCUT2D eigenvalue weighted by atomic mass is 32.1. The molecule has 1 aliphatic rings. The predicted molar refractivity (Wildman–Crippen MR) is 89.9 cm³/mol. The van der Waals surface area contributed by atoms with Crippen molar-refractivity contribution in [3.63, 3.8) is 0 Å². The van der Waals surface area contributed by atoms with Gasteiger partial charge >= 0.3 is 0 Å². The maximum Gasteiger partial charge on any atom is 0.223 e. The van der Waals surface area contributed by atoms with Crippen LogP contribution in [-0.2, 0) is 9.59 Å². The lowest BCUT2D eigenvalue weighted by atomic mass is 10.1. The molecule has 1 aliphatic carbocycles. The Morgan fingerprint density at radius 1 is 1.32 bits per heavy atom. The topological polar surface area (TPSA) is 58.2 Å². The number of rotatable bonds is 6. The van der Waals surface area contributed by atoms with Crippen LogP contribution in [0.1, 0.15) is 60.4 Å². The van der Waals surface area contributed by atoms with Crippen molar-refractivity contribution in [2.75, 3.05) is 6.54 Å². The van der Waals surface area contributed by atoms with E-state index in [-0.39, 0.29) is 23.8 Å². The minimum atomic E-state index is -0.0116. The second-order valence-electron chi connectivity index (χ2n) is 6.18. The SMILES string of the molecule is Cc1cc([C@H](C)NC(=O)CCNC(=O)C2CCCC2)c(C)s1. The van der Waals surface area contributed by atoms with Crippen LogP contribution in [0, 0.1) is 19.8 Å². The lowest BCUT2D eigenvalue weighted by Gasteiger charge is -2.15. The maximum atomic E-state index is 12.0. The van der Waals surface area contributed by atoms with Gasteiger partial charge in [0.15, 0.2) is 0 Å². The molecule has 4 nitrogen and oxygen atoms in total. The highest BCUT2D eigenvalue weighted by Crippen LogP contribution is 2.26. The van der Waals surface area contributed by atoms with Gasteiger partial charge in [-0.3, -0.25) is 9.59 Å². The van der Waals surface area contributed by atoms with Crippen molar-refractivity contribution in [1.82, 2.24) is 10.6 Å². The first-order valence-electron chi connectivity index (χ1n) is 8.11. The third-order valence-electron chi connectivity index (χ3n) is 4.30. The van der Waals surface area contributed by atoms with Crippen LogP contribution in [0.5, 0.6) is 0 Å². The summed E-state index contributed by atoms with van der Waals surface area (Å²) in [7, 11) is 0. The maximum absolute atomic E-state index is 12.0. The van der Waals surface area contributed by atoms with Gasteiger partial charge in [-0.05, 0) is 45.2 Å². The fourth-order valence-corrected chi connectivity index (χ4v) is 4.13. The summed E-state index contributed by atoms with van der Waals surface area (Å²) < 4.78 is 0. The van der Waals surface area contributed by atoms with E-state index < -0.39 is 0 Å². The van der Waals surface area contributed by atoms with Crippen molar-refractivity contribution < 1.29 is 9.59 Å². The molecule has 0 saturated heterocycles. The molecular weight excluding hydrogens is 296 g/mol. The molecule has 0 radical (unpaired) electrons. The zero-order valence-electron chi connectivity index (χ0n) is 13.7. The van der Waals surface area contributed by atoms with Crippen molar-refractivity contribution >= 4 is 23.2 Å². The monoisotopic (exact) mass is 322 g/mol. The lowest BCUT2D eigenvalue weighted by molar-refractivity contribution is -0.125. The third-order valence-corrected chi connectivity index (χ3v) is 5.28. The van der Waals surface area contributed by atoms with E-state index in [0.717, 1.165) is 25.7 Å². The van der Waals surface area contributed by atoms with E-state index in [1.54, 1.807) is 11.3 Å². The van der Waals surface area contributed by atoms with E-state index >= 15 is 0 Å². The van der Waals surface area contributed by atoms with Crippen LogP contribution in [0.3, 0.4) is 0 Å². The Hall–Kier alpha value is -1.36. The van der Waals surface area contributed by atoms with Crippen LogP contribution in [0.2, 0.25) is 0 Å². The molecule has 122 valence electrons. The Labute approximate surface area is 136 Å². The Bertz CT molecular complexity index is 533. The number of nitrogens with one attached hydrogen (secondary N) is 2. The van der Waals surface area contributed by atoms with Gasteiger partial charge in [0, 0.05) is 28.6 Å². The Kier molecular flexibility index (Phi) is 6.00. The number of aryl methyl sites for hydroxylation is 2. The summed E-state index contributed by atoms with van der Waals surface area (Å²) >= 11 is 1.75. The largest absolute Gasteiger partial charge is 0.355 e. The molecule has 0 unspecified atom stereocenters. The molecular formula is C17H26N2O2S. The molecule has 5 heteroatoms. The smallest absolute Gasteiger partial charge is 0.223 e. The zero-order chi connectivity index (χ0) is 16.1. The average Bonchev–Trinajstić information content (AvgIpc) is 3.08. The fourth-order valence-electron chi connectivity index (χ4n) is 3.10. The standard InChI is InChI=1S/C17H26N2O2S/c1-11-10-15(13(3)22-11)12(2)19-16(20)8-9-18-17(21)14-6-4-5-7-14/h10,12,14H,4-9H2,1-3H3,(H,18,21)(H,19,20)/t12-/m0/s1. The number of carbonyl (C=O) groups is 2. The third kappa shape index (κ3) is 4.57. The van der Waals surface area contributed by atoms with Gasteiger partial charge in [0.2, 0.25) is 11.8 Å². The number of hydrogen-bond donors (Lipinski definition) is 2.